The van der Waals surface area contributed by atoms with Gasteiger partial charge in [-0.15, -0.1) is 12.4 Å². The molecule has 4 aromatic rings. The van der Waals surface area contributed by atoms with E-state index < -0.39 is 17.4 Å². The van der Waals surface area contributed by atoms with Crippen LogP contribution in [-0.4, -0.2) is 50.8 Å². The summed E-state index contributed by atoms with van der Waals surface area (Å²) in [4.78, 5) is 34.0. The van der Waals surface area contributed by atoms with E-state index >= 15 is 0 Å². The number of aromatic nitrogens is 4. The molecule has 1 amide bonds. The Balaban J connectivity index is 0.00000274. The molecule has 1 aliphatic heterocycles. The van der Waals surface area contributed by atoms with Gasteiger partial charge < -0.3 is 20.5 Å². The van der Waals surface area contributed by atoms with Gasteiger partial charge in [0.05, 0.1) is 11.1 Å². The molecule has 34 heavy (non-hydrogen) atoms. The average molecular weight is 486 g/mol. The number of benzene rings is 2. The quantitative estimate of drug-likeness (QED) is 0.412. The second-order valence-electron chi connectivity index (χ2n) is 8.64. The van der Waals surface area contributed by atoms with Gasteiger partial charge in [0.1, 0.15) is 5.52 Å². The third kappa shape index (κ3) is 4.34. The molecule has 9 nitrogen and oxygen atoms in total. The van der Waals surface area contributed by atoms with Gasteiger partial charge in [0.25, 0.3) is 5.91 Å². The van der Waals surface area contributed by atoms with Gasteiger partial charge in [-0.3, -0.25) is 9.48 Å². The SMILES string of the molecule is C[C@@H]1CN(c2ccc(C(=O)Nc3cc(F)c4nn(C)cc4c3)c3[nH]c(=O)ncc23)C[C@H](C)N1.Cl. The minimum atomic E-state index is -0.543. The lowest BCUT2D eigenvalue weighted by Gasteiger charge is -2.38. The molecule has 3 heterocycles. The molecule has 2 aromatic heterocycles. The summed E-state index contributed by atoms with van der Waals surface area (Å²) in [5.74, 6) is -0.985. The van der Waals surface area contributed by atoms with E-state index in [4.69, 9.17) is 0 Å². The number of carbonyl (C=O) groups excluding carboxylic acids is 1. The van der Waals surface area contributed by atoms with Crippen molar-refractivity contribution in [2.45, 2.75) is 25.9 Å². The summed E-state index contributed by atoms with van der Waals surface area (Å²) in [7, 11) is 1.70. The summed E-state index contributed by atoms with van der Waals surface area (Å²) in [6, 6.07) is 7.02. The molecule has 3 N–H and O–H groups in total. The standard InChI is InChI=1S/C23H24FN7O2.ClH/c1-12-9-31(10-13(2)26-12)19-5-4-16(21-17(19)8-25-23(33)28-21)22(32)27-15-6-14-11-30(3)29-20(14)18(24)7-15;/h4-8,11-13,26H,9-10H2,1-3H3,(H,27,32)(H,25,28,33);1H/t12-,13+;. The lowest BCUT2D eigenvalue weighted by Crippen LogP contribution is -2.54. The fourth-order valence-corrected chi connectivity index (χ4v) is 4.61. The molecule has 0 radical (unpaired) electrons. The molecule has 1 saturated heterocycles. The molecule has 5 rings (SSSR count). The number of nitrogens with one attached hydrogen (secondary N) is 3. The third-order valence-corrected chi connectivity index (χ3v) is 5.84. The van der Waals surface area contributed by atoms with Crippen molar-refractivity contribution in [3.05, 3.63) is 58.5 Å². The largest absolute Gasteiger partial charge is 0.368 e. The fraction of sp³-hybridized carbons (Fsp3) is 0.304. The number of anilines is 2. The van der Waals surface area contributed by atoms with Gasteiger partial charge in [-0.2, -0.15) is 5.10 Å². The lowest BCUT2D eigenvalue weighted by molar-refractivity contribution is 0.102. The minimum absolute atomic E-state index is 0. The Labute approximate surface area is 200 Å². The molecular weight excluding hydrogens is 461 g/mol. The van der Waals surface area contributed by atoms with E-state index in [1.807, 2.05) is 6.07 Å². The lowest BCUT2D eigenvalue weighted by atomic mass is 10.0. The number of rotatable bonds is 3. The van der Waals surface area contributed by atoms with Crippen LogP contribution >= 0.6 is 12.4 Å². The first kappa shape index (κ1) is 23.7. The highest BCUT2D eigenvalue weighted by molar-refractivity contribution is 6.14. The van der Waals surface area contributed by atoms with Crippen molar-refractivity contribution in [1.82, 2.24) is 25.1 Å². The summed E-state index contributed by atoms with van der Waals surface area (Å²) in [6.07, 6.45) is 3.18. The molecule has 0 aliphatic carbocycles. The molecule has 2 aromatic carbocycles. The van der Waals surface area contributed by atoms with Gasteiger partial charge in [-0.25, -0.2) is 14.2 Å². The van der Waals surface area contributed by atoms with E-state index in [0.29, 0.717) is 34.1 Å². The van der Waals surface area contributed by atoms with Gasteiger partial charge in [0.2, 0.25) is 0 Å². The van der Waals surface area contributed by atoms with Crippen LogP contribution in [0.1, 0.15) is 24.2 Å². The molecular formula is C23H25ClFN7O2. The zero-order valence-electron chi connectivity index (χ0n) is 18.9. The Morgan fingerprint density at radius 1 is 1.21 bits per heavy atom. The first-order valence-corrected chi connectivity index (χ1v) is 10.8. The van der Waals surface area contributed by atoms with Gasteiger partial charge in [-0.1, -0.05) is 0 Å². The Bertz CT molecular complexity index is 1440. The number of aryl methyl sites for hydroxylation is 1. The number of nitrogens with zero attached hydrogens (tertiary/aromatic N) is 4. The zero-order valence-corrected chi connectivity index (χ0v) is 19.7. The number of aromatic amines is 1. The number of halogens is 2. The van der Waals surface area contributed by atoms with Crippen LogP contribution in [0.15, 0.2) is 41.5 Å². The smallest absolute Gasteiger partial charge is 0.345 e. The number of H-pyrrole nitrogens is 1. The molecule has 0 saturated carbocycles. The topological polar surface area (TPSA) is 108 Å². The molecule has 11 heteroatoms. The van der Waals surface area contributed by atoms with Crippen molar-refractivity contribution >= 4 is 51.5 Å². The number of piperazine rings is 1. The number of hydrogen-bond acceptors (Lipinski definition) is 6. The molecule has 1 aliphatic rings. The second kappa shape index (κ2) is 9.03. The van der Waals surface area contributed by atoms with Gasteiger partial charge in [0.15, 0.2) is 5.82 Å². The second-order valence-corrected chi connectivity index (χ2v) is 8.64. The molecule has 0 spiro atoms. The number of amides is 1. The highest BCUT2D eigenvalue weighted by Gasteiger charge is 2.24. The van der Waals surface area contributed by atoms with Gasteiger partial charge in [0, 0.05) is 66.8 Å². The number of hydrogen-bond donors (Lipinski definition) is 3. The molecule has 2 atom stereocenters. The monoisotopic (exact) mass is 485 g/mol. The van der Waals surface area contributed by atoms with Crippen LogP contribution in [0.4, 0.5) is 15.8 Å². The van der Waals surface area contributed by atoms with E-state index in [9.17, 15) is 14.0 Å². The van der Waals surface area contributed by atoms with Gasteiger partial charge >= 0.3 is 5.69 Å². The van der Waals surface area contributed by atoms with E-state index in [2.05, 4.69) is 44.4 Å². The Morgan fingerprint density at radius 2 is 1.94 bits per heavy atom. The predicted octanol–water partition coefficient (Wildman–Crippen LogP) is 2.81. The summed E-state index contributed by atoms with van der Waals surface area (Å²) in [6.45, 7) is 5.80. The van der Waals surface area contributed by atoms with Crippen molar-refractivity contribution in [2.75, 3.05) is 23.3 Å². The normalized spacial score (nSPS) is 18.2. The van der Waals surface area contributed by atoms with Crippen LogP contribution in [0.25, 0.3) is 21.8 Å². The number of carbonyl (C=O) groups is 1. The van der Waals surface area contributed by atoms with E-state index in [1.165, 1.54) is 16.9 Å². The van der Waals surface area contributed by atoms with Crippen molar-refractivity contribution in [3.8, 4) is 0 Å². The van der Waals surface area contributed by atoms with Crippen LogP contribution in [0.3, 0.4) is 0 Å². The molecule has 0 bridgehead atoms. The highest BCUT2D eigenvalue weighted by Crippen LogP contribution is 2.29. The van der Waals surface area contributed by atoms with E-state index in [-0.39, 0.29) is 23.5 Å². The first-order chi connectivity index (χ1) is 15.8. The summed E-state index contributed by atoms with van der Waals surface area (Å²) in [5, 5.41) is 11.6. The Hall–Kier alpha value is -3.50. The van der Waals surface area contributed by atoms with E-state index in [1.54, 1.807) is 25.4 Å². The van der Waals surface area contributed by atoms with Crippen LogP contribution in [-0.2, 0) is 7.05 Å². The van der Waals surface area contributed by atoms with Crippen molar-refractivity contribution < 1.29 is 9.18 Å². The molecule has 0 unspecified atom stereocenters. The zero-order chi connectivity index (χ0) is 23.3. The van der Waals surface area contributed by atoms with Crippen molar-refractivity contribution in [3.63, 3.8) is 0 Å². The van der Waals surface area contributed by atoms with Crippen LogP contribution in [0.5, 0.6) is 0 Å². The summed E-state index contributed by atoms with van der Waals surface area (Å²) >= 11 is 0. The van der Waals surface area contributed by atoms with Crippen LogP contribution in [0.2, 0.25) is 0 Å². The third-order valence-electron chi connectivity index (χ3n) is 5.84. The Morgan fingerprint density at radius 3 is 2.68 bits per heavy atom. The van der Waals surface area contributed by atoms with Crippen molar-refractivity contribution in [1.29, 1.82) is 0 Å². The van der Waals surface area contributed by atoms with E-state index in [0.717, 1.165) is 18.8 Å². The number of fused-ring (bicyclic) bond motifs is 2. The predicted molar refractivity (Wildman–Crippen MR) is 133 cm³/mol. The average Bonchev–Trinajstić information content (AvgIpc) is 3.12. The maximum Gasteiger partial charge on any atom is 0.345 e. The fourth-order valence-electron chi connectivity index (χ4n) is 4.61. The van der Waals surface area contributed by atoms with Gasteiger partial charge in [-0.05, 0) is 38.1 Å². The maximum absolute atomic E-state index is 14.4. The van der Waals surface area contributed by atoms with Crippen LogP contribution in [0, 0.1) is 5.82 Å². The molecule has 1 fully saturated rings. The summed E-state index contributed by atoms with van der Waals surface area (Å²) in [5.41, 5.74) is 1.56. The maximum atomic E-state index is 14.4. The minimum Gasteiger partial charge on any atom is -0.368 e. The molecule has 178 valence electrons. The first-order valence-electron chi connectivity index (χ1n) is 10.8. The van der Waals surface area contributed by atoms with Crippen LogP contribution < -0.4 is 21.2 Å². The Kier molecular flexibility index (Phi) is 6.28. The summed E-state index contributed by atoms with van der Waals surface area (Å²) < 4.78 is 16.0. The van der Waals surface area contributed by atoms with Crippen molar-refractivity contribution in [2.24, 2.45) is 7.05 Å². The highest BCUT2D eigenvalue weighted by atomic mass is 35.5.